The van der Waals surface area contributed by atoms with Gasteiger partial charge in [-0.15, -0.1) is 0 Å². The number of alkyl halides is 3. The molecule has 2 amide bonds. The maximum atomic E-state index is 12.7. The van der Waals surface area contributed by atoms with E-state index < -0.39 is 30.2 Å². The lowest BCUT2D eigenvalue weighted by Gasteiger charge is -2.10. The molecule has 0 aromatic heterocycles. The molecule has 2 rings (SSSR count). The van der Waals surface area contributed by atoms with Gasteiger partial charge in [0.25, 0.3) is 11.8 Å². The summed E-state index contributed by atoms with van der Waals surface area (Å²) in [5.41, 5.74) is 0.309. The van der Waals surface area contributed by atoms with Crippen LogP contribution >= 0.6 is 0 Å². The molecule has 0 aliphatic rings. The molecule has 6 nitrogen and oxygen atoms in total. The standard InChI is InChI=1S/C20H19F3N2O4/c1-13-5-2-3-8-16(13)19(28)24-10-9-18(27)29-12-17(26)25-15-7-4-6-14(11-15)20(21,22)23/h2-8,11H,9-10,12H2,1H3,(H,24,28)(H,25,26). The SMILES string of the molecule is Cc1ccccc1C(=O)NCCC(=O)OCC(=O)Nc1cccc(C(F)(F)F)c1. The van der Waals surface area contributed by atoms with Crippen molar-refractivity contribution in [2.75, 3.05) is 18.5 Å². The average Bonchev–Trinajstić information content (AvgIpc) is 2.66. The highest BCUT2D eigenvalue weighted by molar-refractivity contribution is 5.96. The zero-order chi connectivity index (χ0) is 21.4. The summed E-state index contributed by atoms with van der Waals surface area (Å²) in [6.45, 7) is 1.15. The molecule has 0 bridgehead atoms. The largest absolute Gasteiger partial charge is 0.456 e. The van der Waals surface area contributed by atoms with Crippen molar-refractivity contribution in [2.24, 2.45) is 0 Å². The van der Waals surface area contributed by atoms with Crippen LogP contribution in [0.4, 0.5) is 18.9 Å². The van der Waals surface area contributed by atoms with E-state index in [0.29, 0.717) is 5.56 Å². The van der Waals surface area contributed by atoms with E-state index in [4.69, 9.17) is 4.74 Å². The van der Waals surface area contributed by atoms with Gasteiger partial charge < -0.3 is 15.4 Å². The fraction of sp³-hybridized carbons (Fsp3) is 0.250. The number of benzene rings is 2. The van der Waals surface area contributed by atoms with E-state index in [1.54, 1.807) is 31.2 Å². The van der Waals surface area contributed by atoms with Gasteiger partial charge in [-0.2, -0.15) is 13.2 Å². The number of halogens is 3. The molecule has 0 aliphatic heterocycles. The number of rotatable bonds is 7. The first-order valence-electron chi connectivity index (χ1n) is 8.63. The average molecular weight is 408 g/mol. The van der Waals surface area contributed by atoms with Crippen LogP contribution < -0.4 is 10.6 Å². The topological polar surface area (TPSA) is 84.5 Å². The van der Waals surface area contributed by atoms with Crippen LogP contribution in [0.25, 0.3) is 0 Å². The number of anilines is 1. The smallest absolute Gasteiger partial charge is 0.416 e. The van der Waals surface area contributed by atoms with Gasteiger partial charge in [0.15, 0.2) is 6.61 Å². The first-order valence-corrected chi connectivity index (χ1v) is 8.63. The van der Waals surface area contributed by atoms with Gasteiger partial charge in [-0.05, 0) is 36.8 Å². The van der Waals surface area contributed by atoms with Gasteiger partial charge >= 0.3 is 12.1 Å². The third-order valence-electron chi connectivity index (χ3n) is 3.84. The van der Waals surface area contributed by atoms with Gasteiger partial charge in [-0.3, -0.25) is 14.4 Å². The molecule has 0 unspecified atom stereocenters. The molecule has 0 heterocycles. The molecule has 2 aromatic rings. The maximum Gasteiger partial charge on any atom is 0.416 e. The Labute approximate surface area is 165 Å². The zero-order valence-electron chi connectivity index (χ0n) is 15.5. The summed E-state index contributed by atoms with van der Waals surface area (Å²) in [5.74, 6) is -1.84. The predicted octanol–water partition coefficient (Wildman–Crippen LogP) is 3.32. The van der Waals surface area contributed by atoms with E-state index in [9.17, 15) is 27.6 Å². The van der Waals surface area contributed by atoms with Crippen molar-refractivity contribution in [3.05, 3.63) is 65.2 Å². The van der Waals surface area contributed by atoms with E-state index in [1.807, 2.05) is 0 Å². The van der Waals surface area contributed by atoms with E-state index in [1.165, 1.54) is 6.07 Å². The van der Waals surface area contributed by atoms with Gasteiger partial charge in [-0.1, -0.05) is 24.3 Å². The van der Waals surface area contributed by atoms with E-state index >= 15 is 0 Å². The van der Waals surface area contributed by atoms with Crippen molar-refractivity contribution in [1.82, 2.24) is 5.32 Å². The Morgan fingerprint density at radius 1 is 1.03 bits per heavy atom. The molecule has 154 valence electrons. The second-order valence-electron chi connectivity index (χ2n) is 6.11. The molecular weight excluding hydrogens is 389 g/mol. The third kappa shape index (κ3) is 6.95. The molecule has 9 heteroatoms. The van der Waals surface area contributed by atoms with Gasteiger partial charge in [0.2, 0.25) is 0 Å². The molecule has 0 spiro atoms. The van der Waals surface area contributed by atoms with E-state index in [2.05, 4.69) is 10.6 Å². The van der Waals surface area contributed by atoms with Gasteiger partial charge in [-0.25, -0.2) is 0 Å². The Morgan fingerprint density at radius 2 is 1.76 bits per heavy atom. The van der Waals surface area contributed by atoms with Gasteiger partial charge in [0, 0.05) is 17.8 Å². The first kappa shape index (κ1) is 21.9. The van der Waals surface area contributed by atoms with Crippen molar-refractivity contribution in [3.63, 3.8) is 0 Å². The highest BCUT2D eigenvalue weighted by Gasteiger charge is 2.30. The summed E-state index contributed by atoms with van der Waals surface area (Å²) in [4.78, 5) is 35.4. The molecule has 2 N–H and O–H groups in total. The normalized spacial score (nSPS) is 10.9. The number of carbonyl (C=O) groups excluding carboxylic acids is 3. The number of hydrogen-bond acceptors (Lipinski definition) is 4. The van der Waals surface area contributed by atoms with Gasteiger partial charge in [0.05, 0.1) is 12.0 Å². The van der Waals surface area contributed by atoms with Crippen molar-refractivity contribution < 1.29 is 32.3 Å². The summed E-state index contributed by atoms with van der Waals surface area (Å²) in [7, 11) is 0. The van der Waals surface area contributed by atoms with E-state index in [-0.39, 0.29) is 24.6 Å². The summed E-state index contributed by atoms with van der Waals surface area (Å²) in [6.07, 6.45) is -4.69. The number of carbonyl (C=O) groups is 3. The monoisotopic (exact) mass is 408 g/mol. The number of esters is 1. The highest BCUT2D eigenvalue weighted by Crippen LogP contribution is 2.30. The molecule has 2 aromatic carbocycles. The third-order valence-corrected chi connectivity index (χ3v) is 3.84. The fourth-order valence-electron chi connectivity index (χ4n) is 2.39. The Bertz CT molecular complexity index is 897. The van der Waals surface area contributed by atoms with Crippen molar-refractivity contribution >= 4 is 23.5 Å². The van der Waals surface area contributed by atoms with Crippen LogP contribution in [-0.2, 0) is 20.5 Å². The fourth-order valence-corrected chi connectivity index (χ4v) is 2.39. The molecule has 0 fully saturated rings. The Hall–Kier alpha value is -3.36. The Kier molecular flexibility index (Phi) is 7.35. The molecule has 0 radical (unpaired) electrons. The number of hydrogen-bond donors (Lipinski definition) is 2. The quantitative estimate of drug-likeness (QED) is 0.689. The highest BCUT2D eigenvalue weighted by atomic mass is 19.4. The second kappa shape index (κ2) is 9.72. The minimum Gasteiger partial charge on any atom is -0.456 e. The number of amides is 2. The molecule has 29 heavy (non-hydrogen) atoms. The predicted molar refractivity (Wildman–Crippen MR) is 99.2 cm³/mol. The lowest BCUT2D eigenvalue weighted by atomic mass is 10.1. The van der Waals surface area contributed by atoms with E-state index in [0.717, 1.165) is 23.8 Å². The van der Waals surface area contributed by atoms with Crippen LogP contribution in [0.3, 0.4) is 0 Å². The number of nitrogens with one attached hydrogen (secondary N) is 2. The van der Waals surface area contributed by atoms with Crippen LogP contribution in [0.2, 0.25) is 0 Å². The van der Waals surface area contributed by atoms with Gasteiger partial charge in [0.1, 0.15) is 0 Å². The number of aryl methyl sites for hydroxylation is 1. The zero-order valence-corrected chi connectivity index (χ0v) is 15.5. The van der Waals surface area contributed by atoms with Crippen LogP contribution in [0, 0.1) is 6.92 Å². The second-order valence-corrected chi connectivity index (χ2v) is 6.11. The summed E-state index contributed by atoms with van der Waals surface area (Å²) in [5, 5.41) is 4.80. The molecule has 0 aliphatic carbocycles. The van der Waals surface area contributed by atoms with Crippen LogP contribution in [-0.4, -0.2) is 30.9 Å². The lowest BCUT2D eigenvalue weighted by molar-refractivity contribution is -0.147. The summed E-state index contributed by atoms with van der Waals surface area (Å²) in [6, 6.07) is 11.1. The molecule has 0 saturated carbocycles. The van der Waals surface area contributed by atoms with Crippen LogP contribution in [0.5, 0.6) is 0 Å². The summed E-state index contributed by atoms with van der Waals surface area (Å²) >= 11 is 0. The Balaban J connectivity index is 1.73. The van der Waals surface area contributed by atoms with Crippen LogP contribution in [0.15, 0.2) is 48.5 Å². The number of ether oxygens (including phenoxy) is 1. The van der Waals surface area contributed by atoms with Crippen molar-refractivity contribution in [2.45, 2.75) is 19.5 Å². The Morgan fingerprint density at radius 3 is 2.45 bits per heavy atom. The molecule has 0 atom stereocenters. The van der Waals surface area contributed by atoms with Crippen molar-refractivity contribution in [3.8, 4) is 0 Å². The van der Waals surface area contributed by atoms with Crippen molar-refractivity contribution in [1.29, 1.82) is 0 Å². The lowest BCUT2D eigenvalue weighted by Crippen LogP contribution is -2.28. The minimum atomic E-state index is -4.53. The summed E-state index contributed by atoms with van der Waals surface area (Å²) < 4.78 is 42.7. The van der Waals surface area contributed by atoms with Crippen LogP contribution in [0.1, 0.15) is 27.9 Å². The molecule has 0 saturated heterocycles. The molecular formula is C20H19F3N2O4. The first-order chi connectivity index (χ1) is 13.7. The maximum absolute atomic E-state index is 12.7. The minimum absolute atomic E-state index is 0.0151.